The molecule has 0 aromatic heterocycles. The maximum absolute atomic E-state index is 13.2. The normalized spacial score (nSPS) is 21.3. The van der Waals surface area contributed by atoms with Crippen LogP contribution in [0.4, 0.5) is 0 Å². The second-order valence-corrected chi connectivity index (χ2v) is 11.4. The first-order valence-corrected chi connectivity index (χ1v) is 13.5. The summed E-state index contributed by atoms with van der Waals surface area (Å²) in [6.45, 7) is 2.77. The van der Waals surface area contributed by atoms with Crippen LogP contribution in [0, 0.1) is 5.92 Å². The minimum absolute atomic E-state index is 0.00648. The van der Waals surface area contributed by atoms with Crippen LogP contribution in [0.2, 0.25) is 0 Å². The second kappa shape index (κ2) is 9.91. The standard InChI is InChI=1S/C24H35N3O4S/c1-25(21-9-3-2-4-10-21)32(30,31)22-11-7-8-20(18-22)24(29)27-16-12-19(13-17-27)23(28)26-14-5-6-15-26/h7-8,11,18-19,21H,2-6,9-10,12-17H2,1H3. The maximum atomic E-state index is 13.2. The number of amides is 2. The highest BCUT2D eigenvalue weighted by Crippen LogP contribution is 2.28. The van der Waals surface area contributed by atoms with Gasteiger partial charge >= 0.3 is 0 Å². The molecule has 0 unspecified atom stereocenters. The summed E-state index contributed by atoms with van der Waals surface area (Å²) in [5.41, 5.74) is 0.396. The van der Waals surface area contributed by atoms with Gasteiger partial charge in [-0.15, -0.1) is 0 Å². The van der Waals surface area contributed by atoms with Crippen molar-refractivity contribution in [1.29, 1.82) is 0 Å². The molecule has 2 aliphatic heterocycles. The summed E-state index contributed by atoms with van der Waals surface area (Å²) in [5, 5.41) is 0. The number of carbonyl (C=O) groups is 2. The average molecular weight is 462 g/mol. The van der Waals surface area contributed by atoms with Gasteiger partial charge in [-0.1, -0.05) is 25.3 Å². The first-order chi connectivity index (χ1) is 15.4. The highest BCUT2D eigenvalue weighted by Gasteiger charge is 2.33. The van der Waals surface area contributed by atoms with E-state index in [0.29, 0.717) is 31.5 Å². The number of carbonyl (C=O) groups excluding carboxylic acids is 2. The van der Waals surface area contributed by atoms with Gasteiger partial charge in [-0.3, -0.25) is 9.59 Å². The Balaban J connectivity index is 1.40. The van der Waals surface area contributed by atoms with Gasteiger partial charge in [0, 0.05) is 50.7 Å². The van der Waals surface area contributed by atoms with E-state index in [0.717, 1.165) is 58.0 Å². The fourth-order valence-electron chi connectivity index (χ4n) is 5.30. The fraction of sp³-hybridized carbons (Fsp3) is 0.667. The topological polar surface area (TPSA) is 78.0 Å². The van der Waals surface area contributed by atoms with Crippen molar-refractivity contribution in [3.8, 4) is 0 Å². The zero-order valence-corrected chi connectivity index (χ0v) is 19.9. The summed E-state index contributed by atoms with van der Waals surface area (Å²) in [6.07, 6.45) is 8.55. The minimum Gasteiger partial charge on any atom is -0.342 e. The monoisotopic (exact) mass is 461 g/mol. The third kappa shape index (κ3) is 4.86. The Morgan fingerprint density at radius 3 is 2.19 bits per heavy atom. The molecule has 1 aromatic carbocycles. The van der Waals surface area contributed by atoms with E-state index in [2.05, 4.69) is 0 Å². The summed E-state index contributed by atoms with van der Waals surface area (Å²) in [7, 11) is -1.99. The maximum Gasteiger partial charge on any atom is 0.253 e. The van der Waals surface area contributed by atoms with Crippen LogP contribution in [-0.4, -0.2) is 73.6 Å². The molecular formula is C24H35N3O4S. The Kier molecular flexibility index (Phi) is 7.20. The largest absolute Gasteiger partial charge is 0.342 e. The summed E-state index contributed by atoms with van der Waals surface area (Å²) >= 11 is 0. The van der Waals surface area contributed by atoms with Gasteiger partial charge in [0.25, 0.3) is 5.91 Å². The average Bonchev–Trinajstić information content (AvgIpc) is 3.38. The van der Waals surface area contributed by atoms with Gasteiger partial charge in [0.05, 0.1) is 4.90 Å². The molecule has 176 valence electrons. The van der Waals surface area contributed by atoms with E-state index >= 15 is 0 Å². The van der Waals surface area contributed by atoms with Crippen LogP contribution >= 0.6 is 0 Å². The van der Waals surface area contributed by atoms with Crippen molar-refractivity contribution in [2.75, 3.05) is 33.2 Å². The third-order valence-electron chi connectivity index (χ3n) is 7.40. The molecule has 8 heteroatoms. The molecular weight excluding hydrogens is 426 g/mol. The van der Waals surface area contributed by atoms with Crippen LogP contribution in [-0.2, 0) is 14.8 Å². The minimum atomic E-state index is -3.64. The molecule has 1 aromatic rings. The molecule has 0 spiro atoms. The van der Waals surface area contributed by atoms with Crippen LogP contribution in [0.3, 0.4) is 0 Å². The van der Waals surface area contributed by atoms with Crippen molar-refractivity contribution < 1.29 is 18.0 Å². The number of nitrogens with zero attached hydrogens (tertiary/aromatic N) is 3. The molecule has 1 aliphatic carbocycles. The van der Waals surface area contributed by atoms with Gasteiger partial charge in [-0.25, -0.2) is 8.42 Å². The summed E-state index contributed by atoms with van der Waals surface area (Å²) in [5.74, 6) is 0.0656. The van der Waals surface area contributed by atoms with Crippen LogP contribution in [0.15, 0.2) is 29.2 Å². The second-order valence-electron chi connectivity index (χ2n) is 9.44. The molecule has 0 bridgehead atoms. The van der Waals surface area contributed by atoms with Crippen molar-refractivity contribution in [1.82, 2.24) is 14.1 Å². The SMILES string of the molecule is CN(C1CCCCC1)S(=O)(=O)c1cccc(C(=O)N2CCC(C(=O)N3CCCC3)CC2)c1. The lowest BCUT2D eigenvalue weighted by molar-refractivity contribution is -0.135. The third-order valence-corrected chi connectivity index (χ3v) is 9.30. The molecule has 0 atom stereocenters. The van der Waals surface area contributed by atoms with E-state index in [9.17, 15) is 18.0 Å². The van der Waals surface area contributed by atoms with Gasteiger partial charge in [-0.2, -0.15) is 4.31 Å². The van der Waals surface area contributed by atoms with Crippen LogP contribution in [0.5, 0.6) is 0 Å². The zero-order chi connectivity index (χ0) is 22.7. The molecule has 2 saturated heterocycles. The van der Waals surface area contributed by atoms with E-state index in [-0.39, 0.29) is 28.7 Å². The van der Waals surface area contributed by atoms with E-state index in [1.807, 2.05) is 4.90 Å². The summed E-state index contributed by atoms with van der Waals surface area (Å²) in [4.78, 5) is 29.6. The Labute approximate surface area is 191 Å². The van der Waals surface area contributed by atoms with Crippen LogP contribution < -0.4 is 0 Å². The molecule has 3 aliphatic rings. The van der Waals surface area contributed by atoms with Crippen molar-refractivity contribution in [2.45, 2.75) is 68.7 Å². The Hall–Kier alpha value is -1.93. The van der Waals surface area contributed by atoms with E-state index in [1.165, 1.54) is 10.4 Å². The Morgan fingerprint density at radius 2 is 1.53 bits per heavy atom. The van der Waals surface area contributed by atoms with Crippen molar-refractivity contribution >= 4 is 21.8 Å². The number of hydrogen-bond acceptors (Lipinski definition) is 4. The number of rotatable bonds is 5. The fourth-order valence-corrected chi connectivity index (χ4v) is 6.77. The highest BCUT2D eigenvalue weighted by atomic mass is 32.2. The molecule has 7 nitrogen and oxygen atoms in total. The van der Waals surface area contributed by atoms with Gasteiger partial charge in [0.15, 0.2) is 0 Å². The number of likely N-dealkylation sites (tertiary alicyclic amines) is 2. The highest BCUT2D eigenvalue weighted by molar-refractivity contribution is 7.89. The van der Waals surface area contributed by atoms with Gasteiger partial charge in [0.1, 0.15) is 0 Å². The number of benzene rings is 1. The molecule has 1 saturated carbocycles. The van der Waals surface area contributed by atoms with Gasteiger partial charge in [-0.05, 0) is 56.7 Å². The predicted octanol–water partition coefficient (Wildman–Crippen LogP) is 3.11. The number of sulfonamides is 1. The van der Waals surface area contributed by atoms with Crippen molar-refractivity contribution in [3.63, 3.8) is 0 Å². The van der Waals surface area contributed by atoms with Crippen LogP contribution in [0.25, 0.3) is 0 Å². The lowest BCUT2D eigenvalue weighted by atomic mass is 9.95. The Bertz CT molecular complexity index is 928. The van der Waals surface area contributed by atoms with Crippen LogP contribution in [0.1, 0.15) is 68.1 Å². The first kappa shape index (κ1) is 23.2. The Morgan fingerprint density at radius 1 is 0.875 bits per heavy atom. The first-order valence-electron chi connectivity index (χ1n) is 12.0. The molecule has 32 heavy (non-hydrogen) atoms. The predicted molar refractivity (Wildman–Crippen MR) is 123 cm³/mol. The lowest BCUT2D eigenvalue weighted by Gasteiger charge is -2.33. The van der Waals surface area contributed by atoms with Crippen molar-refractivity contribution in [2.24, 2.45) is 5.92 Å². The molecule has 0 N–H and O–H groups in total. The quantitative estimate of drug-likeness (QED) is 0.675. The number of piperidine rings is 1. The zero-order valence-electron chi connectivity index (χ0n) is 19.0. The lowest BCUT2D eigenvalue weighted by Crippen LogP contribution is -2.43. The van der Waals surface area contributed by atoms with Crippen molar-refractivity contribution in [3.05, 3.63) is 29.8 Å². The molecule has 0 radical (unpaired) electrons. The molecule has 2 heterocycles. The molecule has 3 fully saturated rings. The van der Waals surface area contributed by atoms with E-state index < -0.39 is 10.0 Å². The molecule has 2 amide bonds. The van der Waals surface area contributed by atoms with Gasteiger partial charge in [0.2, 0.25) is 15.9 Å². The summed E-state index contributed by atoms with van der Waals surface area (Å²) in [6, 6.07) is 6.45. The summed E-state index contributed by atoms with van der Waals surface area (Å²) < 4.78 is 27.9. The van der Waals surface area contributed by atoms with E-state index in [4.69, 9.17) is 0 Å². The van der Waals surface area contributed by atoms with Gasteiger partial charge < -0.3 is 9.80 Å². The number of hydrogen-bond donors (Lipinski definition) is 0. The molecule has 4 rings (SSSR count). The smallest absolute Gasteiger partial charge is 0.253 e. The van der Waals surface area contributed by atoms with E-state index in [1.54, 1.807) is 30.1 Å².